The molecule has 0 spiro atoms. The maximum atomic E-state index is 11.4. The Labute approximate surface area is 104 Å². The van der Waals surface area contributed by atoms with Gasteiger partial charge in [0.2, 0.25) is 0 Å². The first-order valence-electron chi connectivity index (χ1n) is 6.50. The van der Waals surface area contributed by atoms with E-state index in [1.165, 1.54) is 12.8 Å². The Bertz CT molecular complexity index is 340. The quantitative estimate of drug-likeness (QED) is 0.567. The van der Waals surface area contributed by atoms with Gasteiger partial charge in [0.15, 0.2) is 5.78 Å². The molecule has 1 N–H and O–H groups in total. The molecule has 0 amide bonds. The number of benzene rings is 1. The summed E-state index contributed by atoms with van der Waals surface area (Å²) in [5.41, 5.74) is 1.90. The number of ketones is 1. The molecular weight excluding hydrogens is 210 g/mol. The summed E-state index contributed by atoms with van der Waals surface area (Å²) in [6.07, 6.45) is 3.01. The molecule has 2 nitrogen and oxygen atoms in total. The van der Waals surface area contributed by atoms with E-state index in [-0.39, 0.29) is 5.78 Å². The van der Waals surface area contributed by atoms with E-state index in [1.54, 1.807) is 0 Å². The highest BCUT2D eigenvalue weighted by atomic mass is 16.1. The molecule has 0 bridgehead atoms. The number of rotatable bonds is 7. The molecule has 0 heterocycles. The lowest BCUT2D eigenvalue weighted by atomic mass is 10.1. The molecule has 0 saturated heterocycles. The van der Waals surface area contributed by atoms with E-state index in [1.807, 2.05) is 31.2 Å². The lowest BCUT2D eigenvalue weighted by Crippen LogP contribution is -2.03. The minimum Gasteiger partial charge on any atom is -0.385 e. The van der Waals surface area contributed by atoms with Crippen LogP contribution in [0.5, 0.6) is 0 Å². The maximum Gasteiger partial charge on any atom is 0.162 e. The van der Waals surface area contributed by atoms with Crippen molar-refractivity contribution < 1.29 is 4.79 Å². The lowest BCUT2D eigenvalue weighted by Gasteiger charge is -2.08. The summed E-state index contributed by atoms with van der Waals surface area (Å²) in [5, 5.41) is 3.37. The average molecular weight is 233 g/mol. The molecule has 17 heavy (non-hydrogen) atoms. The monoisotopic (exact) mass is 233 g/mol. The third kappa shape index (κ3) is 5.03. The summed E-state index contributed by atoms with van der Waals surface area (Å²) >= 11 is 0. The minimum atomic E-state index is 0.205. The third-order valence-corrected chi connectivity index (χ3v) is 2.82. The van der Waals surface area contributed by atoms with E-state index in [9.17, 15) is 4.79 Å². The van der Waals surface area contributed by atoms with Crippen LogP contribution in [0, 0.1) is 5.92 Å². The van der Waals surface area contributed by atoms with Crippen molar-refractivity contribution in [2.75, 3.05) is 11.9 Å². The predicted octanol–water partition coefficient (Wildman–Crippen LogP) is 4.13. The molecule has 94 valence electrons. The Kier molecular flexibility index (Phi) is 5.75. The molecular formula is C15H23NO. The number of carbonyl (C=O) groups is 1. The van der Waals surface area contributed by atoms with Gasteiger partial charge in [-0.25, -0.2) is 0 Å². The molecule has 0 aliphatic rings. The molecule has 0 unspecified atom stereocenters. The molecule has 0 aliphatic heterocycles. The summed E-state index contributed by atoms with van der Waals surface area (Å²) in [7, 11) is 0. The molecule has 0 fully saturated rings. The molecule has 1 rings (SSSR count). The van der Waals surface area contributed by atoms with Gasteiger partial charge >= 0.3 is 0 Å². The van der Waals surface area contributed by atoms with Gasteiger partial charge in [-0.3, -0.25) is 4.79 Å². The first-order valence-corrected chi connectivity index (χ1v) is 6.50. The van der Waals surface area contributed by atoms with Gasteiger partial charge in [-0.2, -0.15) is 0 Å². The van der Waals surface area contributed by atoms with Gasteiger partial charge in [-0.1, -0.05) is 20.8 Å². The lowest BCUT2D eigenvalue weighted by molar-refractivity contribution is 0.0988. The SMILES string of the molecule is CCC(=O)c1ccc(NCCCC(C)C)cc1. The fourth-order valence-electron chi connectivity index (χ4n) is 1.72. The van der Waals surface area contributed by atoms with Crippen molar-refractivity contribution in [2.45, 2.75) is 40.0 Å². The van der Waals surface area contributed by atoms with Gasteiger partial charge in [0.25, 0.3) is 0 Å². The van der Waals surface area contributed by atoms with Crippen molar-refractivity contribution >= 4 is 11.5 Å². The summed E-state index contributed by atoms with van der Waals surface area (Å²) in [5.74, 6) is 0.970. The van der Waals surface area contributed by atoms with Crippen LogP contribution in [-0.2, 0) is 0 Å². The second-order valence-electron chi connectivity index (χ2n) is 4.82. The van der Waals surface area contributed by atoms with Crippen molar-refractivity contribution in [1.29, 1.82) is 0 Å². The number of hydrogen-bond donors (Lipinski definition) is 1. The Morgan fingerprint density at radius 3 is 2.41 bits per heavy atom. The smallest absolute Gasteiger partial charge is 0.162 e. The van der Waals surface area contributed by atoms with Crippen LogP contribution in [0.25, 0.3) is 0 Å². The molecule has 0 atom stereocenters. The zero-order valence-electron chi connectivity index (χ0n) is 11.1. The Morgan fingerprint density at radius 1 is 1.24 bits per heavy atom. The number of Topliss-reactive ketones (excluding diaryl/α,β-unsaturated/α-hetero) is 1. The number of anilines is 1. The predicted molar refractivity (Wildman–Crippen MR) is 73.6 cm³/mol. The van der Waals surface area contributed by atoms with Gasteiger partial charge in [0, 0.05) is 24.2 Å². The summed E-state index contributed by atoms with van der Waals surface area (Å²) in [6.45, 7) is 7.37. The maximum absolute atomic E-state index is 11.4. The van der Waals surface area contributed by atoms with Gasteiger partial charge < -0.3 is 5.32 Å². The molecule has 0 aliphatic carbocycles. The third-order valence-electron chi connectivity index (χ3n) is 2.82. The molecule has 0 saturated carbocycles. The second kappa shape index (κ2) is 7.10. The number of carbonyl (C=O) groups excluding carboxylic acids is 1. The van der Waals surface area contributed by atoms with Crippen LogP contribution in [0.2, 0.25) is 0 Å². The van der Waals surface area contributed by atoms with Gasteiger partial charge in [0.1, 0.15) is 0 Å². The van der Waals surface area contributed by atoms with Crippen LogP contribution < -0.4 is 5.32 Å². The average Bonchev–Trinajstić information content (AvgIpc) is 2.34. The largest absolute Gasteiger partial charge is 0.385 e. The van der Waals surface area contributed by atoms with Gasteiger partial charge in [-0.05, 0) is 43.0 Å². The van der Waals surface area contributed by atoms with Crippen molar-refractivity contribution in [3.63, 3.8) is 0 Å². The van der Waals surface area contributed by atoms with Gasteiger partial charge in [-0.15, -0.1) is 0 Å². The van der Waals surface area contributed by atoms with E-state index in [0.29, 0.717) is 6.42 Å². The van der Waals surface area contributed by atoms with Crippen molar-refractivity contribution in [2.24, 2.45) is 5.92 Å². The van der Waals surface area contributed by atoms with E-state index in [4.69, 9.17) is 0 Å². The van der Waals surface area contributed by atoms with Crippen LogP contribution in [-0.4, -0.2) is 12.3 Å². The van der Waals surface area contributed by atoms with Crippen LogP contribution in [0.15, 0.2) is 24.3 Å². The van der Waals surface area contributed by atoms with E-state index >= 15 is 0 Å². The zero-order valence-corrected chi connectivity index (χ0v) is 11.1. The van der Waals surface area contributed by atoms with Crippen LogP contribution >= 0.6 is 0 Å². The molecule has 2 heteroatoms. The fourth-order valence-corrected chi connectivity index (χ4v) is 1.72. The highest BCUT2D eigenvalue weighted by Crippen LogP contribution is 2.12. The Hall–Kier alpha value is -1.31. The Balaban J connectivity index is 2.38. The number of nitrogens with one attached hydrogen (secondary N) is 1. The standard InChI is InChI=1S/C15H23NO/c1-4-15(17)13-7-9-14(10-8-13)16-11-5-6-12(2)3/h7-10,12,16H,4-6,11H2,1-3H3. The van der Waals surface area contributed by atoms with E-state index in [0.717, 1.165) is 23.7 Å². The Morgan fingerprint density at radius 2 is 1.88 bits per heavy atom. The first kappa shape index (κ1) is 13.8. The van der Waals surface area contributed by atoms with Crippen molar-refractivity contribution in [1.82, 2.24) is 0 Å². The molecule has 0 aromatic heterocycles. The topological polar surface area (TPSA) is 29.1 Å². The normalized spacial score (nSPS) is 10.6. The van der Waals surface area contributed by atoms with Crippen LogP contribution in [0.4, 0.5) is 5.69 Å². The van der Waals surface area contributed by atoms with Crippen molar-refractivity contribution in [3.05, 3.63) is 29.8 Å². The van der Waals surface area contributed by atoms with E-state index in [2.05, 4.69) is 19.2 Å². The minimum absolute atomic E-state index is 0.205. The van der Waals surface area contributed by atoms with Crippen LogP contribution in [0.1, 0.15) is 50.4 Å². The zero-order chi connectivity index (χ0) is 12.7. The summed E-state index contributed by atoms with van der Waals surface area (Å²) in [6, 6.07) is 7.77. The van der Waals surface area contributed by atoms with E-state index < -0.39 is 0 Å². The first-order chi connectivity index (χ1) is 8.13. The van der Waals surface area contributed by atoms with Crippen LogP contribution in [0.3, 0.4) is 0 Å². The molecule has 1 aromatic carbocycles. The highest BCUT2D eigenvalue weighted by Gasteiger charge is 2.02. The fraction of sp³-hybridized carbons (Fsp3) is 0.533. The second-order valence-corrected chi connectivity index (χ2v) is 4.82. The summed E-state index contributed by atoms with van der Waals surface area (Å²) in [4.78, 5) is 11.4. The van der Waals surface area contributed by atoms with Crippen molar-refractivity contribution in [3.8, 4) is 0 Å². The van der Waals surface area contributed by atoms with Gasteiger partial charge in [0.05, 0.1) is 0 Å². The highest BCUT2D eigenvalue weighted by molar-refractivity contribution is 5.96. The summed E-state index contributed by atoms with van der Waals surface area (Å²) < 4.78 is 0. The molecule has 0 radical (unpaired) electrons. The number of hydrogen-bond acceptors (Lipinski definition) is 2. The molecule has 1 aromatic rings.